The SMILES string of the molecule is C#CCOc1ccc(C(=O)C#Cc2cccs2)cc1. The van der Waals surface area contributed by atoms with Crippen molar-refractivity contribution in [3.63, 3.8) is 0 Å². The summed E-state index contributed by atoms with van der Waals surface area (Å²) in [5.41, 5.74) is 0.539. The third-order valence-electron chi connectivity index (χ3n) is 2.26. The molecular weight excluding hydrogens is 256 g/mol. The molecule has 0 saturated heterocycles. The van der Waals surface area contributed by atoms with E-state index in [4.69, 9.17) is 11.2 Å². The Morgan fingerprint density at radius 2 is 2.05 bits per heavy atom. The van der Waals surface area contributed by atoms with Gasteiger partial charge in [-0.05, 0) is 47.6 Å². The molecule has 0 fully saturated rings. The van der Waals surface area contributed by atoms with Gasteiger partial charge in [0.15, 0.2) is 0 Å². The molecule has 0 radical (unpaired) electrons. The number of rotatable bonds is 3. The van der Waals surface area contributed by atoms with E-state index >= 15 is 0 Å². The van der Waals surface area contributed by atoms with E-state index in [0.29, 0.717) is 11.3 Å². The number of hydrogen-bond acceptors (Lipinski definition) is 3. The van der Waals surface area contributed by atoms with Crippen LogP contribution in [-0.2, 0) is 0 Å². The molecule has 19 heavy (non-hydrogen) atoms. The van der Waals surface area contributed by atoms with Crippen molar-refractivity contribution in [2.24, 2.45) is 0 Å². The lowest BCUT2D eigenvalue weighted by atomic mass is 10.1. The highest BCUT2D eigenvalue weighted by atomic mass is 32.1. The van der Waals surface area contributed by atoms with Crippen LogP contribution in [-0.4, -0.2) is 12.4 Å². The van der Waals surface area contributed by atoms with E-state index in [1.54, 1.807) is 24.3 Å². The van der Waals surface area contributed by atoms with Crippen LogP contribution in [0.5, 0.6) is 5.75 Å². The predicted molar refractivity (Wildman–Crippen MR) is 76.3 cm³/mol. The van der Waals surface area contributed by atoms with Gasteiger partial charge in [-0.2, -0.15) is 0 Å². The molecule has 92 valence electrons. The summed E-state index contributed by atoms with van der Waals surface area (Å²) in [5.74, 6) is 8.25. The van der Waals surface area contributed by atoms with Crippen LogP contribution < -0.4 is 4.74 Å². The summed E-state index contributed by atoms with van der Waals surface area (Å²) in [4.78, 5) is 12.7. The van der Waals surface area contributed by atoms with Crippen molar-refractivity contribution in [2.75, 3.05) is 6.61 Å². The summed E-state index contributed by atoms with van der Waals surface area (Å²) in [6.45, 7) is 0.214. The van der Waals surface area contributed by atoms with E-state index in [1.165, 1.54) is 11.3 Å². The molecule has 2 aromatic rings. The molecule has 0 atom stereocenters. The normalized spacial score (nSPS) is 9.00. The molecular formula is C16H10O2S. The van der Waals surface area contributed by atoms with Gasteiger partial charge >= 0.3 is 0 Å². The van der Waals surface area contributed by atoms with E-state index in [0.717, 1.165) is 4.88 Å². The van der Waals surface area contributed by atoms with Gasteiger partial charge < -0.3 is 4.74 Å². The average molecular weight is 266 g/mol. The molecule has 0 amide bonds. The second-order valence-corrected chi connectivity index (χ2v) is 4.52. The van der Waals surface area contributed by atoms with Gasteiger partial charge in [0.2, 0.25) is 5.78 Å². The first kappa shape index (κ1) is 13.0. The summed E-state index contributed by atoms with van der Waals surface area (Å²) < 4.78 is 5.23. The van der Waals surface area contributed by atoms with Gasteiger partial charge in [0.05, 0.1) is 4.88 Å². The molecule has 0 aliphatic carbocycles. The Morgan fingerprint density at radius 1 is 1.26 bits per heavy atom. The number of ether oxygens (including phenoxy) is 1. The summed E-state index contributed by atoms with van der Waals surface area (Å²) in [6, 6.07) is 10.5. The van der Waals surface area contributed by atoms with Gasteiger partial charge in [-0.25, -0.2) is 0 Å². The van der Waals surface area contributed by atoms with Gasteiger partial charge in [0.25, 0.3) is 0 Å². The first-order chi connectivity index (χ1) is 9.29. The van der Waals surface area contributed by atoms with E-state index in [-0.39, 0.29) is 12.4 Å². The fraction of sp³-hybridized carbons (Fsp3) is 0.0625. The monoisotopic (exact) mass is 266 g/mol. The zero-order valence-electron chi connectivity index (χ0n) is 10.1. The first-order valence-electron chi connectivity index (χ1n) is 5.56. The maximum absolute atomic E-state index is 11.8. The zero-order valence-corrected chi connectivity index (χ0v) is 10.9. The molecule has 0 spiro atoms. The van der Waals surface area contributed by atoms with E-state index in [2.05, 4.69) is 17.8 Å². The summed E-state index contributed by atoms with van der Waals surface area (Å²) in [5, 5.41) is 1.92. The van der Waals surface area contributed by atoms with Crippen molar-refractivity contribution < 1.29 is 9.53 Å². The number of carbonyl (C=O) groups excluding carboxylic acids is 1. The lowest BCUT2D eigenvalue weighted by molar-refractivity contribution is 0.105. The lowest BCUT2D eigenvalue weighted by Gasteiger charge is -2.01. The molecule has 0 aliphatic heterocycles. The fourth-order valence-electron chi connectivity index (χ4n) is 1.37. The molecule has 0 unspecified atom stereocenters. The summed E-state index contributed by atoms with van der Waals surface area (Å²) >= 11 is 1.51. The van der Waals surface area contributed by atoms with Crippen LogP contribution in [0.3, 0.4) is 0 Å². The van der Waals surface area contributed by atoms with E-state index < -0.39 is 0 Å². The number of terminal acetylenes is 1. The second-order valence-electron chi connectivity index (χ2n) is 3.57. The van der Waals surface area contributed by atoms with E-state index in [9.17, 15) is 4.79 Å². The molecule has 0 bridgehead atoms. The van der Waals surface area contributed by atoms with Crippen LogP contribution in [0.2, 0.25) is 0 Å². The van der Waals surface area contributed by atoms with Crippen LogP contribution in [0.4, 0.5) is 0 Å². The topological polar surface area (TPSA) is 26.3 Å². The Bertz CT molecular complexity index is 650. The number of carbonyl (C=O) groups is 1. The van der Waals surface area contributed by atoms with Crippen molar-refractivity contribution in [2.45, 2.75) is 0 Å². The predicted octanol–water partition coefficient (Wildman–Crippen LogP) is 2.99. The number of thiophene rings is 1. The minimum absolute atomic E-state index is 0.211. The van der Waals surface area contributed by atoms with Gasteiger partial charge in [0.1, 0.15) is 12.4 Å². The molecule has 0 N–H and O–H groups in total. The van der Waals surface area contributed by atoms with Crippen LogP contribution in [0, 0.1) is 24.2 Å². The van der Waals surface area contributed by atoms with Crippen molar-refractivity contribution >= 4 is 17.1 Å². The molecule has 0 aliphatic rings. The second kappa shape index (κ2) is 6.44. The third-order valence-corrected chi connectivity index (χ3v) is 3.04. The Morgan fingerprint density at radius 3 is 2.68 bits per heavy atom. The van der Waals surface area contributed by atoms with Crippen molar-refractivity contribution in [3.8, 4) is 29.9 Å². The van der Waals surface area contributed by atoms with Crippen molar-refractivity contribution in [1.29, 1.82) is 0 Å². The summed E-state index contributed by atoms with van der Waals surface area (Å²) in [6.07, 6.45) is 5.09. The molecule has 0 saturated carbocycles. The molecule has 2 rings (SSSR count). The zero-order chi connectivity index (χ0) is 13.5. The van der Waals surface area contributed by atoms with Crippen molar-refractivity contribution in [1.82, 2.24) is 0 Å². The lowest BCUT2D eigenvalue weighted by Crippen LogP contribution is -1.97. The molecule has 3 heteroatoms. The van der Waals surface area contributed by atoms with Crippen molar-refractivity contribution in [3.05, 3.63) is 52.2 Å². The van der Waals surface area contributed by atoms with Gasteiger partial charge in [-0.3, -0.25) is 4.79 Å². The highest BCUT2D eigenvalue weighted by Crippen LogP contribution is 2.12. The molecule has 1 heterocycles. The maximum atomic E-state index is 11.8. The van der Waals surface area contributed by atoms with Crippen LogP contribution >= 0.6 is 11.3 Å². The average Bonchev–Trinajstić information content (AvgIpc) is 2.96. The highest BCUT2D eigenvalue weighted by Gasteiger charge is 2.02. The standard InChI is InChI=1S/C16H10O2S/c1-2-11-18-14-7-5-13(6-8-14)16(17)10-9-15-4-3-12-19-15/h1,3-8,12H,11H2. The van der Waals surface area contributed by atoms with Gasteiger partial charge in [0, 0.05) is 5.56 Å². The highest BCUT2D eigenvalue weighted by molar-refractivity contribution is 7.10. The third kappa shape index (κ3) is 3.74. The summed E-state index contributed by atoms with van der Waals surface area (Å²) in [7, 11) is 0. The molecule has 1 aromatic carbocycles. The first-order valence-corrected chi connectivity index (χ1v) is 6.44. The minimum Gasteiger partial charge on any atom is -0.481 e. The fourth-order valence-corrected chi connectivity index (χ4v) is 1.94. The molecule has 2 nitrogen and oxygen atoms in total. The Labute approximate surface area is 116 Å². The van der Waals surface area contributed by atoms with Crippen LogP contribution in [0.25, 0.3) is 0 Å². The number of hydrogen-bond donors (Lipinski definition) is 0. The van der Waals surface area contributed by atoms with Crippen LogP contribution in [0.15, 0.2) is 41.8 Å². The van der Waals surface area contributed by atoms with E-state index in [1.807, 2.05) is 17.5 Å². The molecule has 1 aromatic heterocycles. The Hall–Kier alpha value is -2.49. The minimum atomic E-state index is -0.211. The van der Waals surface area contributed by atoms with Gasteiger partial charge in [-0.15, -0.1) is 17.8 Å². The smallest absolute Gasteiger partial charge is 0.236 e. The number of ketones is 1. The van der Waals surface area contributed by atoms with Crippen LogP contribution in [0.1, 0.15) is 15.2 Å². The maximum Gasteiger partial charge on any atom is 0.236 e. The largest absolute Gasteiger partial charge is 0.481 e. The quantitative estimate of drug-likeness (QED) is 0.630. The Kier molecular flexibility index (Phi) is 4.39. The van der Waals surface area contributed by atoms with Gasteiger partial charge in [-0.1, -0.05) is 12.0 Å². The Balaban J connectivity index is 2.06. The number of Topliss-reactive ketones (excluding diaryl/α,β-unsaturated/α-hetero) is 1. The number of benzene rings is 1.